The molecule has 1 saturated heterocycles. The Morgan fingerprint density at radius 2 is 1.95 bits per heavy atom. The topological polar surface area (TPSA) is 29.3 Å². The molecule has 1 aromatic heterocycles. The smallest absolute Gasteiger partial charge is 0.0406 e. The Morgan fingerprint density at radius 1 is 1.14 bits per heavy atom. The van der Waals surface area contributed by atoms with E-state index in [1.54, 1.807) is 11.3 Å². The molecular weight excluding hydrogens is 300 g/mol. The molecular formula is C17H21ClN2S. The summed E-state index contributed by atoms with van der Waals surface area (Å²) < 4.78 is 0. The summed E-state index contributed by atoms with van der Waals surface area (Å²) >= 11 is 7.72. The standard InChI is InChI=1S/C17H21ClN2S/c18-16-3-1-13(2-4-16)9-20-10-15(8-17(19)11-20)7-14-5-6-21-12-14/h1-6,12,15,17H,7-11,19H2. The average Bonchev–Trinajstić information content (AvgIpc) is 2.93. The highest BCUT2D eigenvalue weighted by Gasteiger charge is 2.25. The van der Waals surface area contributed by atoms with Gasteiger partial charge in [-0.1, -0.05) is 23.7 Å². The average molecular weight is 321 g/mol. The summed E-state index contributed by atoms with van der Waals surface area (Å²) in [6, 6.07) is 10.7. The Balaban J connectivity index is 1.61. The lowest BCUT2D eigenvalue weighted by Crippen LogP contribution is -2.47. The highest BCUT2D eigenvalue weighted by Crippen LogP contribution is 2.23. The van der Waals surface area contributed by atoms with Crippen molar-refractivity contribution in [2.75, 3.05) is 13.1 Å². The molecule has 0 amide bonds. The van der Waals surface area contributed by atoms with Crippen molar-refractivity contribution in [2.24, 2.45) is 11.7 Å². The van der Waals surface area contributed by atoms with E-state index in [0.29, 0.717) is 5.92 Å². The molecule has 4 heteroatoms. The molecule has 2 N–H and O–H groups in total. The predicted octanol–water partition coefficient (Wildman–Crippen LogP) is 3.79. The lowest BCUT2D eigenvalue weighted by Gasteiger charge is -2.36. The Kier molecular flexibility index (Phi) is 4.96. The van der Waals surface area contributed by atoms with Crippen LogP contribution in [-0.2, 0) is 13.0 Å². The molecule has 2 atom stereocenters. The van der Waals surface area contributed by atoms with Gasteiger partial charge in [0.05, 0.1) is 0 Å². The van der Waals surface area contributed by atoms with Crippen LogP contribution in [-0.4, -0.2) is 24.0 Å². The molecule has 0 aliphatic carbocycles. The van der Waals surface area contributed by atoms with Gasteiger partial charge < -0.3 is 5.73 Å². The van der Waals surface area contributed by atoms with E-state index in [2.05, 4.69) is 33.9 Å². The molecule has 21 heavy (non-hydrogen) atoms. The maximum absolute atomic E-state index is 6.26. The van der Waals surface area contributed by atoms with E-state index in [1.807, 2.05) is 12.1 Å². The van der Waals surface area contributed by atoms with Crippen molar-refractivity contribution < 1.29 is 0 Å². The molecule has 2 aromatic rings. The molecule has 0 saturated carbocycles. The van der Waals surface area contributed by atoms with Crippen LogP contribution in [0.3, 0.4) is 0 Å². The first-order valence-electron chi connectivity index (χ1n) is 7.42. The molecule has 2 heterocycles. The van der Waals surface area contributed by atoms with Crippen LogP contribution < -0.4 is 5.73 Å². The van der Waals surface area contributed by atoms with Gasteiger partial charge in [-0.25, -0.2) is 0 Å². The number of hydrogen-bond donors (Lipinski definition) is 1. The van der Waals surface area contributed by atoms with Crippen LogP contribution in [0, 0.1) is 5.92 Å². The maximum Gasteiger partial charge on any atom is 0.0406 e. The Morgan fingerprint density at radius 3 is 2.67 bits per heavy atom. The van der Waals surface area contributed by atoms with Gasteiger partial charge in [0.1, 0.15) is 0 Å². The number of piperidine rings is 1. The van der Waals surface area contributed by atoms with Gasteiger partial charge in [-0.3, -0.25) is 4.90 Å². The van der Waals surface area contributed by atoms with Crippen LogP contribution in [0.5, 0.6) is 0 Å². The molecule has 0 radical (unpaired) electrons. The number of nitrogens with two attached hydrogens (primary N) is 1. The summed E-state index contributed by atoms with van der Waals surface area (Å²) in [5, 5.41) is 5.21. The van der Waals surface area contributed by atoms with Crippen LogP contribution in [0.2, 0.25) is 5.02 Å². The summed E-state index contributed by atoms with van der Waals surface area (Å²) in [6.45, 7) is 3.08. The SMILES string of the molecule is NC1CC(Cc2ccsc2)CN(Cc2ccc(Cl)cc2)C1. The van der Waals surface area contributed by atoms with Crippen molar-refractivity contribution in [1.29, 1.82) is 0 Å². The quantitative estimate of drug-likeness (QED) is 0.928. The van der Waals surface area contributed by atoms with Gasteiger partial charge in [0.2, 0.25) is 0 Å². The molecule has 0 bridgehead atoms. The van der Waals surface area contributed by atoms with Gasteiger partial charge in [0.15, 0.2) is 0 Å². The Labute approximate surface area is 135 Å². The molecule has 1 fully saturated rings. The number of halogens is 1. The monoisotopic (exact) mass is 320 g/mol. The molecule has 2 unspecified atom stereocenters. The van der Waals surface area contributed by atoms with Crippen LogP contribution in [0.25, 0.3) is 0 Å². The van der Waals surface area contributed by atoms with Crippen LogP contribution >= 0.6 is 22.9 Å². The third-order valence-electron chi connectivity index (χ3n) is 4.07. The van der Waals surface area contributed by atoms with Gasteiger partial charge >= 0.3 is 0 Å². The first-order valence-corrected chi connectivity index (χ1v) is 8.74. The minimum atomic E-state index is 0.287. The summed E-state index contributed by atoms with van der Waals surface area (Å²) in [5.41, 5.74) is 9.02. The van der Waals surface area contributed by atoms with Gasteiger partial charge in [-0.2, -0.15) is 11.3 Å². The molecule has 2 nitrogen and oxygen atoms in total. The van der Waals surface area contributed by atoms with E-state index in [9.17, 15) is 0 Å². The summed E-state index contributed by atoms with van der Waals surface area (Å²) in [4.78, 5) is 2.48. The third kappa shape index (κ3) is 4.30. The zero-order valence-corrected chi connectivity index (χ0v) is 13.6. The second-order valence-corrected chi connectivity index (χ2v) is 7.23. The minimum absolute atomic E-state index is 0.287. The normalized spacial score (nSPS) is 23.3. The highest BCUT2D eigenvalue weighted by atomic mass is 35.5. The second kappa shape index (κ2) is 6.93. The van der Waals surface area contributed by atoms with Crippen molar-refractivity contribution in [3.8, 4) is 0 Å². The lowest BCUT2D eigenvalue weighted by molar-refractivity contribution is 0.149. The summed E-state index contributed by atoms with van der Waals surface area (Å²) in [7, 11) is 0. The largest absolute Gasteiger partial charge is 0.327 e. The predicted molar refractivity (Wildman–Crippen MR) is 90.8 cm³/mol. The van der Waals surface area contributed by atoms with Gasteiger partial charge in [-0.15, -0.1) is 0 Å². The molecule has 0 spiro atoms. The second-order valence-electron chi connectivity index (χ2n) is 6.02. The summed E-state index contributed by atoms with van der Waals surface area (Å²) in [6.07, 6.45) is 2.28. The van der Waals surface area contributed by atoms with Crippen molar-refractivity contribution in [2.45, 2.75) is 25.4 Å². The molecule has 112 valence electrons. The van der Waals surface area contributed by atoms with E-state index >= 15 is 0 Å². The fourth-order valence-corrected chi connectivity index (χ4v) is 4.02. The van der Waals surface area contributed by atoms with Gasteiger partial charge in [0, 0.05) is 30.7 Å². The van der Waals surface area contributed by atoms with Crippen molar-refractivity contribution in [1.82, 2.24) is 4.90 Å². The van der Waals surface area contributed by atoms with Crippen molar-refractivity contribution in [3.05, 3.63) is 57.2 Å². The van der Waals surface area contributed by atoms with E-state index in [-0.39, 0.29) is 6.04 Å². The van der Waals surface area contributed by atoms with Crippen LogP contribution in [0.1, 0.15) is 17.5 Å². The number of hydrogen-bond acceptors (Lipinski definition) is 3. The van der Waals surface area contributed by atoms with E-state index in [1.165, 1.54) is 11.1 Å². The number of nitrogens with zero attached hydrogens (tertiary/aromatic N) is 1. The minimum Gasteiger partial charge on any atom is -0.327 e. The Bertz CT molecular complexity index is 553. The first kappa shape index (κ1) is 15.0. The zero-order valence-electron chi connectivity index (χ0n) is 12.0. The van der Waals surface area contributed by atoms with E-state index < -0.39 is 0 Å². The van der Waals surface area contributed by atoms with E-state index in [0.717, 1.165) is 37.5 Å². The number of likely N-dealkylation sites (tertiary alicyclic amines) is 1. The first-order chi connectivity index (χ1) is 10.2. The third-order valence-corrected chi connectivity index (χ3v) is 5.05. The van der Waals surface area contributed by atoms with Gasteiger partial charge in [-0.05, 0) is 58.8 Å². The number of thiophene rings is 1. The highest BCUT2D eigenvalue weighted by molar-refractivity contribution is 7.07. The lowest BCUT2D eigenvalue weighted by atomic mass is 9.89. The van der Waals surface area contributed by atoms with Crippen molar-refractivity contribution in [3.63, 3.8) is 0 Å². The molecule has 1 aliphatic rings. The fourth-order valence-electron chi connectivity index (χ4n) is 3.22. The van der Waals surface area contributed by atoms with Crippen molar-refractivity contribution >= 4 is 22.9 Å². The Hall–Kier alpha value is -0.870. The van der Waals surface area contributed by atoms with E-state index in [4.69, 9.17) is 17.3 Å². The van der Waals surface area contributed by atoms with Crippen LogP contribution in [0.15, 0.2) is 41.1 Å². The number of benzene rings is 1. The summed E-state index contributed by atoms with van der Waals surface area (Å²) in [5.74, 6) is 0.663. The number of rotatable bonds is 4. The van der Waals surface area contributed by atoms with Gasteiger partial charge in [0.25, 0.3) is 0 Å². The molecule has 1 aromatic carbocycles. The molecule has 1 aliphatic heterocycles. The van der Waals surface area contributed by atoms with Crippen LogP contribution in [0.4, 0.5) is 0 Å². The fraction of sp³-hybridized carbons (Fsp3) is 0.412. The maximum atomic E-state index is 6.26. The zero-order chi connectivity index (χ0) is 14.7. The molecule has 3 rings (SSSR count).